The van der Waals surface area contributed by atoms with Crippen LogP contribution in [0.1, 0.15) is 46.5 Å². The molecular formula is C14H22O. The van der Waals surface area contributed by atoms with Gasteiger partial charge in [0.05, 0.1) is 0 Å². The van der Waals surface area contributed by atoms with Gasteiger partial charge < -0.3 is 0 Å². The lowest BCUT2D eigenvalue weighted by Crippen LogP contribution is -2.28. The van der Waals surface area contributed by atoms with Crippen molar-refractivity contribution in [2.24, 2.45) is 35.0 Å². The van der Waals surface area contributed by atoms with E-state index in [2.05, 4.69) is 13.8 Å². The molecule has 2 bridgehead atoms. The van der Waals surface area contributed by atoms with Crippen LogP contribution in [0.5, 0.6) is 0 Å². The lowest BCUT2D eigenvalue weighted by atomic mass is 9.71. The van der Waals surface area contributed by atoms with E-state index >= 15 is 0 Å². The minimum Gasteiger partial charge on any atom is -0.300 e. The first-order chi connectivity index (χ1) is 7.06. The Bertz CT molecular complexity index is 308. The predicted molar refractivity (Wildman–Crippen MR) is 60.4 cm³/mol. The monoisotopic (exact) mass is 206 g/mol. The second kappa shape index (κ2) is 2.87. The van der Waals surface area contributed by atoms with Gasteiger partial charge in [-0.15, -0.1) is 0 Å². The number of hydrogen-bond acceptors (Lipinski definition) is 1. The zero-order valence-corrected chi connectivity index (χ0v) is 10.1. The quantitative estimate of drug-likeness (QED) is 0.643. The topological polar surface area (TPSA) is 17.1 Å². The first kappa shape index (κ1) is 9.86. The Balaban J connectivity index is 2.00. The fourth-order valence-corrected chi connectivity index (χ4v) is 5.46. The van der Waals surface area contributed by atoms with E-state index in [0.29, 0.717) is 23.0 Å². The molecule has 4 unspecified atom stereocenters. The van der Waals surface area contributed by atoms with Crippen molar-refractivity contribution in [2.45, 2.75) is 46.5 Å². The summed E-state index contributed by atoms with van der Waals surface area (Å²) in [6.45, 7) is 6.55. The van der Waals surface area contributed by atoms with Crippen LogP contribution in [-0.4, -0.2) is 5.78 Å². The molecular weight excluding hydrogens is 184 g/mol. The van der Waals surface area contributed by atoms with Crippen LogP contribution in [0.2, 0.25) is 0 Å². The van der Waals surface area contributed by atoms with E-state index in [4.69, 9.17) is 0 Å². The summed E-state index contributed by atoms with van der Waals surface area (Å²) in [5, 5.41) is 0. The zero-order valence-electron chi connectivity index (χ0n) is 10.1. The largest absolute Gasteiger partial charge is 0.300 e. The van der Waals surface area contributed by atoms with Gasteiger partial charge >= 0.3 is 0 Å². The molecule has 1 nitrogen and oxygen atoms in total. The van der Waals surface area contributed by atoms with Gasteiger partial charge in [-0.2, -0.15) is 0 Å². The maximum Gasteiger partial charge on any atom is 0.133 e. The van der Waals surface area contributed by atoms with Gasteiger partial charge in [0.25, 0.3) is 0 Å². The maximum absolute atomic E-state index is 11.8. The molecule has 3 rings (SSSR count). The summed E-state index contributed by atoms with van der Waals surface area (Å²) in [4.78, 5) is 11.8. The normalized spacial score (nSPS) is 57.1. The third-order valence-corrected chi connectivity index (χ3v) is 6.18. The van der Waals surface area contributed by atoms with E-state index in [1.807, 2.05) is 6.92 Å². The molecule has 3 aliphatic carbocycles. The Morgan fingerprint density at radius 1 is 1.33 bits per heavy atom. The van der Waals surface area contributed by atoms with Gasteiger partial charge in [0.15, 0.2) is 0 Å². The standard InChI is InChI=1S/C14H22O/c1-8-9(2)14-5-4-11(7-14)6-12(14)13(8)10(3)15/h8-9,11-13H,4-7H2,1-3H3/t8?,9?,11-,12?,13?,14-/m0/s1. The molecule has 0 aromatic heterocycles. The highest BCUT2D eigenvalue weighted by molar-refractivity contribution is 5.79. The number of hydrogen-bond donors (Lipinski definition) is 0. The van der Waals surface area contributed by atoms with Gasteiger partial charge in [0, 0.05) is 5.92 Å². The maximum atomic E-state index is 11.8. The smallest absolute Gasteiger partial charge is 0.133 e. The van der Waals surface area contributed by atoms with E-state index in [0.717, 1.165) is 17.8 Å². The Morgan fingerprint density at radius 3 is 2.67 bits per heavy atom. The van der Waals surface area contributed by atoms with Crippen molar-refractivity contribution >= 4 is 5.78 Å². The number of Topliss-reactive ketones (excluding diaryl/α,β-unsaturated/α-hetero) is 1. The molecule has 0 amide bonds. The van der Waals surface area contributed by atoms with Crippen LogP contribution in [0, 0.1) is 35.0 Å². The Morgan fingerprint density at radius 2 is 2.07 bits per heavy atom. The van der Waals surface area contributed by atoms with Crippen molar-refractivity contribution in [1.29, 1.82) is 0 Å². The number of fused-ring (bicyclic) bond motifs is 1. The van der Waals surface area contributed by atoms with Crippen molar-refractivity contribution in [1.82, 2.24) is 0 Å². The summed E-state index contributed by atoms with van der Waals surface area (Å²) < 4.78 is 0. The summed E-state index contributed by atoms with van der Waals surface area (Å²) in [5.41, 5.74) is 0.584. The highest BCUT2D eigenvalue weighted by Crippen LogP contribution is 2.70. The molecule has 3 aliphatic rings. The van der Waals surface area contributed by atoms with Gasteiger partial charge in [0.1, 0.15) is 5.78 Å². The third-order valence-electron chi connectivity index (χ3n) is 6.18. The molecule has 6 atom stereocenters. The van der Waals surface area contributed by atoms with Crippen LogP contribution < -0.4 is 0 Å². The van der Waals surface area contributed by atoms with Gasteiger partial charge in [-0.05, 0) is 61.7 Å². The van der Waals surface area contributed by atoms with E-state index < -0.39 is 0 Å². The molecule has 3 saturated carbocycles. The highest BCUT2D eigenvalue weighted by Gasteiger charge is 2.64. The Labute approximate surface area is 92.6 Å². The van der Waals surface area contributed by atoms with Crippen LogP contribution in [0.15, 0.2) is 0 Å². The molecule has 1 heteroatoms. The molecule has 0 aromatic carbocycles. The molecule has 84 valence electrons. The predicted octanol–water partition coefficient (Wildman–Crippen LogP) is 3.28. The van der Waals surface area contributed by atoms with Gasteiger partial charge in [-0.1, -0.05) is 13.8 Å². The molecule has 0 N–H and O–H groups in total. The van der Waals surface area contributed by atoms with Crippen molar-refractivity contribution in [2.75, 3.05) is 0 Å². The van der Waals surface area contributed by atoms with Crippen molar-refractivity contribution in [3.63, 3.8) is 0 Å². The Kier molecular flexibility index (Phi) is 1.88. The molecule has 15 heavy (non-hydrogen) atoms. The van der Waals surface area contributed by atoms with Crippen LogP contribution in [0.25, 0.3) is 0 Å². The fourth-order valence-electron chi connectivity index (χ4n) is 5.46. The van der Waals surface area contributed by atoms with Crippen molar-refractivity contribution in [3.05, 3.63) is 0 Å². The molecule has 0 saturated heterocycles. The minimum atomic E-state index is 0.394. The molecule has 0 aromatic rings. The lowest BCUT2D eigenvalue weighted by Gasteiger charge is -2.33. The van der Waals surface area contributed by atoms with Gasteiger partial charge in [-0.3, -0.25) is 4.79 Å². The average molecular weight is 206 g/mol. The molecule has 3 fully saturated rings. The van der Waals surface area contributed by atoms with Crippen LogP contribution in [0.3, 0.4) is 0 Å². The van der Waals surface area contributed by atoms with E-state index in [1.165, 1.54) is 25.7 Å². The van der Waals surface area contributed by atoms with Crippen LogP contribution in [0.4, 0.5) is 0 Å². The van der Waals surface area contributed by atoms with E-state index in [-0.39, 0.29) is 0 Å². The second-order valence-electron chi connectivity index (χ2n) is 6.47. The molecule has 0 radical (unpaired) electrons. The molecule has 1 spiro atoms. The first-order valence-electron chi connectivity index (χ1n) is 6.56. The summed E-state index contributed by atoms with van der Waals surface area (Å²) in [5.74, 6) is 3.98. The minimum absolute atomic E-state index is 0.394. The number of carbonyl (C=O) groups is 1. The van der Waals surface area contributed by atoms with Crippen molar-refractivity contribution in [3.8, 4) is 0 Å². The number of ketones is 1. The lowest BCUT2D eigenvalue weighted by molar-refractivity contribution is -0.123. The van der Waals surface area contributed by atoms with Crippen LogP contribution in [-0.2, 0) is 4.79 Å². The van der Waals surface area contributed by atoms with E-state index in [9.17, 15) is 4.79 Å². The second-order valence-corrected chi connectivity index (χ2v) is 6.47. The summed E-state index contributed by atoms with van der Waals surface area (Å²) in [7, 11) is 0. The first-order valence-corrected chi connectivity index (χ1v) is 6.56. The average Bonchev–Trinajstić information content (AvgIpc) is 2.78. The summed E-state index contributed by atoms with van der Waals surface area (Å²) in [6.07, 6.45) is 5.65. The van der Waals surface area contributed by atoms with Gasteiger partial charge in [-0.25, -0.2) is 0 Å². The Hall–Kier alpha value is -0.330. The van der Waals surface area contributed by atoms with Crippen LogP contribution >= 0.6 is 0 Å². The number of rotatable bonds is 1. The van der Waals surface area contributed by atoms with E-state index in [1.54, 1.807) is 0 Å². The third kappa shape index (κ3) is 1.02. The van der Waals surface area contributed by atoms with Crippen molar-refractivity contribution < 1.29 is 4.79 Å². The van der Waals surface area contributed by atoms with Gasteiger partial charge in [0.2, 0.25) is 0 Å². The zero-order chi connectivity index (χ0) is 10.8. The summed E-state index contributed by atoms with van der Waals surface area (Å²) in [6, 6.07) is 0. The fraction of sp³-hybridized carbons (Fsp3) is 0.929. The number of carbonyl (C=O) groups excluding carboxylic acids is 1. The SMILES string of the molecule is CC(=O)C1C(C)C(C)[C@@]23CC[C@@H](CC12)C3. The molecule has 0 heterocycles. The summed E-state index contributed by atoms with van der Waals surface area (Å²) >= 11 is 0. The molecule has 0 aliphatic heterocycles. The highest BCUT2D eigenvalue weighted by atomic mass is 16.1.